The summed E-state index contributed by atoms with van der Waals surface area (Å²) in [7, 11) is 3.34. The van der Waals surface area contributed by atoms with E-state index in [2.05, 4.69) is 35.0 Å². The first-order valence-corrected chi connectivity index (χ1v) is 7.47. The predicted octanol–water partition coefficient (Wildman–Crippen LogP) is 4.59. The highest BCUT2D eigenvalue weighted by molar-refractivity contribution is 9.09. The molecule has 0 radical (unpaired) electrons. The summed E-state index contributed by atoms with van der Waals surface area (Å²) in [6.45, 7) is 2.23. The van der Waals surface area contributed by atoms with Gasteiger partial charge in [-0.05, 0) is 30.5 Å². The molecule has 0 N–H and O–H groups in total. The standard InChI is InChI=1S/C15H23BrO2/c1-4-5-6-7-13(16)10-12-8-9-14(17-2)15(11-12)18-3/h8-9,11,13H,4-7,10H2,1-3H3. The van der Waals surface area contributed by atoms with Crippen LogP contribution in [0.25, 0.3) is 0 Å². The molecule has 18 heavy (non-hydrogen) atoms. The van der Waals surface area contributed by atoms with Gasteiger partial charge in [0.05, 0.1) is 14.2 Å². The molecule has 1 rings (SSSR count). The molecule has 0 saturated heterocycles. The maximum Gasteiger partial charge on any atom is 0.160 e. The monoisotopic (exact) mass is 314 g/mol. The van der Waals surface area contributed by atoms with Crippen molar-refractivity contribution in [3.8, 4) is 11.5 Å². The van der Waals surface area contributed by atoms with Gasteiger partial charge >= 0.3 is 0 Å². The Kier molecular flexibility index (Phi) is 7.18. The Morgan fingerprint density at radius 1 is 1.11 bits per heavy atom. The molecule has 2 nitrogen and oxygen atoms in total. The van der Waals surface area contributed by atoms with Crippen molar-refractivity contribution < 1.29 is 9.47 Å². The summed E-state index contributed by atoms with van der Waals surface area (Å²) < 4.78 is 10.6. The second-order valence-electron chi connectivity index (χ2n) is 4.49. The zero-order valence-electron chi connectivity index (χ0n) is 11.5. The molecule has 0 spiro atoms. The molecule has 0 aliphatic rings. The Morgan fingerprint density at radius 2 is 1.83 bits per heavy atom. The number of unbranched alkanes of at least 4 members (excludes halogenated alkanes) is 2. The van der Waals surface area contributed by atoms with Crippen LogP contribution >= 0.6 is 15.9 Å². The topological polar surface area (TPSA) is 18.5 Å². The fourth-order valence-electron chi connectivity index (χ4n) is 1.98. The summed E-state index contributed by atoms with van der Waals surface area (Å²) in [6.07, 6.45) is 6.13. The van der Waals surface area contributed by atoms with E-state index in [1.807, 2.05) is 6.07 Å². The zero-order chi connectivity index (χ0) is 13.4. The van der Waals surface area contributed by atoms with Gasteiger partial charge in [-0.3, -0.25) is 0 Å². The second kappa shape index (κ2) is 8.41. The van der Waals surface area contributed by atoms with Gasteiger partial charge in [0.25, 0.3) is 0 Å². The van der Waals surface area contributed by atoms with Crippen LogP contribution in [-0.2, 0) is 6.42 Å². The van der Waals surface area contributed by atoms with E-state index >= 15 is 0 Å². The number of rotatable bonds is 8. The van der Waals surface area contributed by atoms with E-state index in [0.29, 0.717) is 4.83 Å². The number of ether oxygens (including phenoxy) is 2. The molecular formula is C15H23BrO2. The number of hydrogen-bond donors (Lipinski definition) is 0. The third-order valence-corrected chi connectivity index (χ3v) is 3.81. The minimum Gasteiger partial charge on any atom is -0.493 e. The molecule has 0 saturated carbocycles. The number of benzene rings is 1. The van der Waals surface area contributed by atoms with E-state index in [-0.39, 0.29) is 0 Å². The SMILES string of the molecule is CCCCCC(Br)Cc1ccc(OC)c(OC)c1. The van der Waals surface area contributed by atoms with Crippen molar-refractivity contribution in [2.75, 3.05) is 14.2 Å². The maximum absolute atomic E-state index is 5.32. The fourth-order valence-corrected chi connectivity index (χ4v) is 2.68. The van der Waals surface area contributed by atoms with Crippen LogP contribution in [-0.4, -0.2) is 19.0 Å². The smallest absolute Gasteiger partial charge is 0.160 e. The van der Waals surface area contributed by atoms with Crippen LogP contribution in [0.2, 0.25) is 0 Å². The average Bonchev–Trinajstić information content (AvgIpc) is 2.39. The molecule has 0 bridgehead atoms. The van der Waals surface area contributed by atoms with Crippen molar-refractivity contribution >= 4 is 15.9 Å². The van der Waals surface area contributed by atoms with Crippen molar-refractivity contribution in [3.05, 3.63) is 23.8 Å². The number of halogens is 1. The van der Waals surface area contributed by atoms with Gasteiger partial charge in [0.2, 0.25) is 0 Å². The Hall–Kier alpha value is -0.700. The van der Waals surface area contributed by atoms with Crippen LogP contribution in [0.1, 0.15) is 38.2 Å². The molecule has 0 aromatic heterocycles. The molecule has 0 heterocycles. The normalized spacial score (nSPS) is 12.2. The van der Waals surface area contributed by atoms with E-state index in [1.54, 1.807) is 14.2 Å². The lowest BCUT2D eigenvalue weighted by molar-refractivity contribution is 0.354. The van der Waals surface area contributed by atoms with Gasteiger partial charge in [-0.15, -0.1) is 0 Å². The summed E-state index contributed by atoms with van der Waals surface area (Å²) in [5.74, 6) is 1.60. The highest BCUT2D eigenvalue weighted by atomic mass is 79.9. The van der Waals surface area contributed by atoms with Gasteiger partial charge in [0, 0.05) is 4.83 Å². The second-order valence-corrected chi connectivity index (χ2v) is 5.78. The van der Waals surface area contributed by atoms with Crippen LogP contribution in [0, 0.1) is 0 Å². The van der Waals surface area contributed by atoms with Crippen LogP contribution in [0.15, 0.2) is 18.2 Å². The molecule has 102 valence electrons. The van der Waals surface area contributed by atoms with E-state index in [0.717, 1.165) is 17.9 Å². The Bertz CT molecular complexity index is 352. The molecule has 1 aromatic rings. The number of alkyl halides is 1. The van der Waals surface area contributed by atoms with Crippen molar-refractivity contribution in [2.45, 2.75) is 43.9 Å². The average molecular weight is 315 g/mol. The van der Waals surface area contributed by atoms with Crippen LogP contribution < -0.4 is 9.47 Å². The Balaban J connectivity index is 2.56. The minimum absolute atomic E-state index is 0.544. The summed E-state index contributed by atoms with van der Waals surface area (Å²) in [6, 6.07) is 6.14. The minimum atomic E-state index is 0.544. The molecule has 0 amide bonds. The van der Waals surface area contributed by atoms with Crippen LogP contribution in [0.4, 0.5) is 0 Å². The highest BCUT2D eigenvalue weighted by Gasteiger charge is 2.09. The third kappa shape index (κ3) is 4.89. The molecule has 0 fully saturated rings. The van der Waals surface area contributed by atoms with Gasteiger partial charge in [0.1, 0.15) is 0 Å². The molecule has 0 aliphatic heterocycles. The van der Waals surface area contributed by atoms with Crippen molar-refractivity contribution in [1.82, 2.24) is 0 Å². The van der Waals surface area contributed by atoms with Gasteiger partial charge < -0.3 is 9.47 Å². The quantitative estimate of drug-likeness (QED) is 0.516. The first-order chi connectivity index (χ1) is 8.71. The molecule has 3 heteroatoms. The number of methoxy groups -OCH3 is 2. The fraction of sp³-hybridized carbons (Fsp3) is 0.600. The molecule has 1 unspecified atom stereocenters. The predicted molar refractivity (Wildman–Crippen MR) is 80.1 cm³/mol. The molecule has 1 aromatic carbocycles. The first kappa shape index (κ1) is 15.4. The lowest BCUT2D eigenvalue weighted by Crippen LogP contribution is -2.03. The van der Waals surface area contributed by atoms with E-state index in [1.165, 1.54) is 31.2 Å². The maximum atomic E-state index is 5.32. The summed E-state index contributed by atoms with van der Waals surface area (Å²) in [5, 5.41) is 0. The van der Waals surface area contributed by atoms with E-state index < -0.39 is 0 Å². The molecule has 1 atom stereocenters. The summed E-state index contributed by atoms with van der Waals surface area (Å²) in [4.78, 5) is 0.544. The first-order valence-electron chi connectivity index (χ1n) is 6.56. The summed E-state index contributed by atoms with van der Waals surface area (Å²) in [5.41, 5.74) is 1.28. The zero-order valence-corrected chi connectivity index (χ0v) is 13.1. The Morgan fingerprint density at radius 3 is 2.44 bits per heavy atom. The van der Waals surface area contributed by atoms with E-state index in [4.69, 9.17) is 9.47 Å². The molecular weight excluding hydrogens is 292 g/mol. The van der Waals surface area contributed by atoms with Crippen LogP contribution in [0.5, 0.6) is 11.5 Å². The summed E-state index contributed by atoms with van der Waals surface area (Å²) >= 11 is 3.75. The van der Waals surface area contributed by atoms with Gasteiger partial charge in [-0.1, -0.05) is 48.2 Å². The highest BCUT2D eigenvalue weighted by Crippen LogP contribution is 2.29. The van der Waals surface area contributed by atoms with Gasteiger partial charge in [0.15, 0.2) is 11.5 Å². The Labute approximate surface area is 119 Å². The number of hydrogen-bond acceptors (Lipinski definition) is 2. The van der Waals surface area contributed by atoms with Crippen molar-refractivity contribution in [1.29, 1.82) is 0 Å². The molecule has 0 aliphatic carbocycles. The third-order valence-electron chi connectivity index (χ3n) is 3.03. The van der Waals surface area contributed by atoms with Crippen molar-refractivity contribution in [2.24, 2.45) is 0 Å². The van der Waals surface area contributed by atoms with Gasteiger partial charge in [-0.2, -0.15) is 0 Å². The van der Waals surface area contributed by atoms with Gasteiger partial charge in [-0.25, -0.2) is 0 Å². The van der Waals surface area contributed by atoms with E-state index in [9.17, 15) is 0 Å². The largest absolute Gasteiger partial charge is 0.493 e. The van der Waals surface area contributed by atoms with Crippen LogP contribution in [0.3, 0.4) is 0 Å². The lowest BCUT2D eigenvalue weighted by atomic mass is 10.0. The van der Waals surface area contributed by atoms with Crippen molar-refractivity contribution in [3.63, 3.8) is 0 Å². The lowest BCUT2D eigenvalue weighted by Gasteiger charge is -2.12.